The van der Waals surface area contributed by atoms with Crippen molar-refractivity contribution in [2.45, 2.75) is 37.3 Å². The second-order valence-corrected chi connectivity index (χ2v) is 7.28. The molecule has 0 radical (unpaired) electrons. The second-order valence-electron chi connectivity index (χ2n) is 6.17. The second kappa shape index (κ2) is 5.12. The van der Waals surface area contributed by atoms with E-state index in [4.69, 9.17) is 10.5 Å². The van der Waals surface area contributed by atoms with Crippen LogP contribution in [0.1, 0.15) is 31.7 Å². The van der Waals surface area contributed by atoms with E-state index < -0.39 is 0 Å². The number of ether oxygens (including phenoxy) is 1. The minimum Gasteiger partial charge on any atom is -0.374 e. The van der Waals surface area contributed by atoms with Crippen molar-refractivity contribution in [3.05, 3.63) is 35.9 Å². The maximum Gasteiger partial charge on any atom is 0.0783 e. The Hall–Kier alpha value is -0.510. The average molecular weight is 277 g/mol. The van der Waals surface area contributed by atoms with Crippen molar-refractivity contribution in [3.8, 4) is 0 Å². The Bertz CT molecular complexity index is 426. The van der Waals surface area contributed by atoms with Gasteiger partial charge in [-0.2, -0.15) is 11.8 Å². The molecule has 3 unspecified atom stereocenters. The molecule has 2 fully saturated rings. The van der Waals surface area contributed by atoms with Gasteiger partial charge in [0, 0.05) is 17.9 Å². The Morgan fingerprint density at radius 2 is 2.16 bits per heavy atom. The van der Waals surface area contributed by atoms with Gasteiger partial charge in [0.05, 0.1) is 5.60 Å². The zero-order valence-corrected chi connectivity index (χ0v) is 12.4. The summed E-state index contributed by atoms with van der Waals surface area (Å²) in [5, 5.41) is 0. The third-order valence-corrected chi connectivity index (χ3v) is 6.03. The van der Waals surface area contributed by atoms with Gasteiger partial charge in [0.1, 0.15) is 0 Å². The predicted molar refractivity (Wildman–Crippen MR) is 81.3 cm³/mol. The highest BCUT2D eigenvalue weighted by Crippen LogP contribution is 2.45. The molecule has 0 aliphatic carbocycles. The number of rotatable bonds is 2. The Kier molecular flexibility index (Phi) is 3.63. The monoisotopic (exact) mass is 277 g/mol. The van der Waals surface area contributed by atoms with E-state index in [0.717, 1.165) is 25.2 Å². The summed E-state index contributed by atoms with van der Waals surface area (Å²) in [5.41, 5.74) is 7.82. The summed E-state index contributed by atoms with van der Waals surface area (Å²) in [5.74, 6) is 2.90. The molecule has 0 saturated carbocycles. The van der Waals surface area contributed by atoms with Crippen molar-refractivity contribution >= 4 is 11.8 Å². The molecule has 0 aromatic heterocycles. The lowest BCUT2D eigenvalue weighted by Gasteiger charge is -2.44. The van der Waals surface area contributed by atoms with Gasteiger partial charge in [0.25, 0.3) is 0 Å². The van der Waals surface area contributed by atoms with Crippen LogP contribution in [0.25, 0.3) is 0 Å². The summed E-state index contributed by atoms with van der Waals surface area (Å²) in [6, 6.07) is 10.5. The van der Waals surface area contributed by atoms with Gasteiger partial charge in [-0.1, -0.05) is 30.3 Å². The topological polar surface area (TPSA) is 35.2 Å². The molecule has 2 nitrogen and oxygen atoms in total. The fourth-order valence-corrected chi connectivity index (χ4v) is 4.81. The first-order chi connectivity index (χ1) is 9.12. The molecule has 2 saturated heterocycles. The first-order valence-electron chi connectivity index (χ1n) is 7.19. The molecule has 2 heterocycles. The van der Waals surface area contributed by atoms with Crippen LogP contribution in [0.2, 0.25) is 0 Å². The number of nitrogens with two attached hydrogens (primary N) is 1. The molecule has 3 atom stereocenters. The lowest BCUT2D eigenvalue weighted by atomic mass is 9.72. The van der Waals surface area contributed by atoms with Crippen LogP contribution in [0.4, 0.5) is 0 Å². The maximum atomic E-state index is 6.70. The van der Waals surface area contributed by atoms with Crippen molar-refractivity contribution in [2.75, 3.05) is 18.1 Å². The molecule has 1 spiro atoms. The lowest BCUT2D eigenvalue weighted by molar-refractivity contribution is -0.0917. The summed E-state index contributed by atoms with van der Waals surface area (Å²) >= 11 is 2.02. The molecule has 3 rings (SSSR count). The average Bonchev–Trinajstić information content (AvgIpc) is 2.88. The molecular formula is C16H23NOS. The van der Waals surface area contributed by atoms with Gasteiger partial charge in [0.2, 0.25) is 0 Å². The van der Waals surface area contributed by atoms with Crippen LogP contribution in [0.3, 0.4) is 0 Å². The molecule has 0 bridgehead atoms. The molecule has 19 heavy (non-hydrogen) atoms. The highest BCUT2D eigenvalue weighted by Gasteiger charge is 2.45. The summed E-state index contributed by atoms with van der Waals surface area (Å²) in [6.07, 6.45) is 3.38. The molecule has 0 amide bonds. The SMILES string of the molecule is CC(N)(c1ccccc1)C1CCOC2(CCSC2)C1. The third-order valence-electron chi connectivity index (χ3n) is 4.80. The van der Waals surface area contributed by atoms with Crippen LogP contribution >= 0.6 is 11.8 Å². The van der Waals surface area contributed by atoms with Gasteiger partial charge >= 0.3 is 0 Å². The Morgan fingerprint density at radius 3 is 2.84 bits per heavy atom. The van der Waals surface area contributed by atoms with E-state index in [2.05, 4.69) is 37.3 Å². The van der Waals surface area contributed by atoms with Crippen molar-refractivity contribution in [1.29, 1.82) is 0 Å². The van der Waals surface area contributed by atoms with Gasteiger partial charge in [0.15, 0.2) is 0 Å². The van der Waals surface area contributed by atoms with Crippen LogP contribution in [0.5, 0.6) is 0 Å². The Morgan fingerprint density at radius 1 is 1.37 bits per heavy atom. The van der Waals surface area contributed by atoms with Crippen LogP contribution in [0, 0.1) is 5.92 Å². The smallest absolute Gasteiger partial charge is 0.0783 e. The van der Waals surface area contributed by atoms with E-state index in [9.17, 15) is 0 Å². The largest absolute Gasteiger partial charge is 0.374 e. The summed E-state index contributed by atoms with van der Waals surface area (Å²) in [4.78, 5) is 0. The van der Waals surface area contributed by atoms with Crippen LogP contribution in [0.15, 0.2) is 30.3 Å². The fraction of sp³-hybridized carbons (Fsp3) is 0.625. The Balaban J connectivity index is 1.81. The number of hydrogen-bond acceptors (Lipinski definition) is 3. The molecule has 104 valence electrons. The van der Waals surface area contributed by atoms with Crippen molar-refractivity contribution in [2.24, 2.45) is 11.7 Å². The van der Waals surface area contributed by atoms with Crippen LogP contribution < -0.4 is 5.73 Å². The van der Waals surface area contributed by atoms with Crippen LogP contribution in [-0.4, -0.2) is 23.7 Å². The third kappa shape index (κ3) is 2.56. The lowest BCUT2D eigenvalue weighted by Crippen LogP contribution is -2.50. The molecule has 1 aromatic carbocycles. The van der Waals surface area contributed by atoms with Crippen molar-refractivity contribution in [3.63, 3.8) is 0 Å². The normalized spacial score (nSPS) is 34.3. The molecule has 2 N–H and O–H groups in total. The highest BCUT2D eigenvalue weighted by molar-refractivity contribution is 7.99. The molecule has 2 aliphatic heterocycles. The van der Waals surface area contributed by atoms with Gasteiger partial charge in [-0.25, -0.2) is 0 Å². The Labute approximate surface area is 120 Å². The van der Waals surface area contributed by atoms with Crippen molar-refractivity contribution < 1.29 is 4.74 Å². The number of hydrogen-bond donors (Lipinski definition) is 1. The molecule has 2 aliphatic rings. The van der Waals surface area contributed by atoms with Gasteiger partial charge in [-0.3, -0.25) is 0 Å². The van der Waals surface area contributed by atoms with Gasteiger partial charge in [-0.15, -0.1) is 0 Å². The van der Waals surface area contributed by atoms with E-state index in [1.54, 1.807) is 0 Å². The molecule has 3 heteroatoms. The highest BCUT2D eigenvalue weighted by atomic mass is 32.2. The van der Waals surface area contributed by atoms with E-state index in [0.29, 0.717) is 5.92 Å². The summed E-state index contributed by atoms with van der Waals surface area (Å²) < 4.78 is 6.11. The number of benzene rings is 1. The van der Waals surface area contributed by atoms with E-state index in [1.165, 1.54) is 17.7 Å². The van der Waals surface area contributed by atoms with Crippen LogP contribution in [-0.2, 0) is 10.3 Å². The quantitative estimate of drug-likeness (QED) is 0.902. The summed E-state index contributed by atoms with van der Waals surface area (Å²) in [7, 11) is 0. The predicted octanol–water partition coefficient (Wildman–Crippen LogP) is 3.16. The zero-order valence-electron chi connectivity index (χ0n) is 11.6. The first kappa shape index (κ1) is 13.5. The molecule has 1 aromatic rings. The first-order valence-corrected chi connectivity index (χ1v) is 8.34. The van der Waals surface area contributed by atoms with E-state index in [-0.39, 0.29) is 11.1 Å². The van der Waals surface area contributed by atoms with Gasteiger partial charge in [-0.05, 0) is 43.4 Å². The number of thioether (sulfide) groups is 1. The minimum absolute atomic E-state index is 0.114. The summed E-state index contributed by atoms with van der Waals surface area (Å²) in [6.45, 7) is 3.05. The fourth-order valence-electron chi connectivity index (χ4n) is 3.44. The molecular weight excluding hydrogens is 254 g/mol. The maximum absolute atomic E-state index is 6.70. The minimum atomic E-state index is -0.245. The van der Waals surface area contributed by atoms with Crippen molar-refractivity contribution in [1.82, 2.24) is 0 Å². The zero-order chi connectivity index (χ0) is 13.3. The van der Waals surface area contributed by atoms with E-state index >= 15 is 0 Å². The standard InChI is InChI=1S/C16H23NOS/c1-15(17,13-5-3-2-4-6-13)14-7-9-18-16(11-14)8-10-19-12-16/h2-6,14H,7-12,17H2,1H3. The van der Waals surface area contributed by atoms with E-state index in [1.807, 2.05) is 11.8 Å². The van der Waals surface area contributed by atoms with Gasteiger partial charge < -0.3 is 10.5 Å².